The number of piperidine rings is 1. The van der Waals surface area contributed by atoms with E-state index in [9.17, 15) is 4.79 Å². The average Bonchev–Trinajstić information content (AvgIpc) is 2.35. The van der Waals surface area contributed by atoms with Gasteiger partial charge in [-0.3, -0.25) is 4.79 Å². The summed E-state index contributed by atoms with van der Waals surface area (Å²) in [5, 5.41) is 6.81. The van der Waals surface area contributed by atoms with Crippen molar-refractivity contribution in [2.24, 2.45) is 23.2 Å². The van der Waals surface area contributed by atoms with Gasteiger partial charge in [0.25, 0.3) is 0 Å². The quantitative estimate of drug-likeness (QED) is 0.839. The molecule has 5 aliphatic rings. The number of nitrogens with one attached hydrogen (secondary N) is 2. The van der Waals surface area contributed by atoms with Crippen LogP contribution in [0.25, 0.3) is 0 Å². The van der Waals surface area contributed by atoms with E-state index in [0.717, 1.165) is 43.6 Å². The Labute approximate surface area is 128 Å². The van der Waals surface area contributed by atoms with E-state index in [1.54, 1.807) is 0 Å². The third-order valence-electron chi connectivity index (χ3n) is 6.69. The van der Waals surface area contributed by atoms with Crippen molar-refractivity contribution in [3.05, 3.63) is 0 Å². The summed E-state index contributed by atoms with van der Waals surface area (Å²) in [4.78, 5) is 12.6. The Hall–Kier alpha value is -0.570. The Kier molecular flexibility index (Phi) is 3.52. The molecule has 1 aliphatic heterocycles. The lowest BCUT2D eigenvalue weighted by atomic mass is 9.49. The van der Waals surface area contributed by atoms with Crippen molar-refractivity contribution in [3.8, 4) is 0 Å². The number of hydrogen-bond donors (Lipinski definition) is 2. The molecule has 0 aromatic heterocycles. The Bertz CT molecular complexity index is 384. The molecule has 3 nitrogen and oxygen atoms in total. The smallest absolute Gasteiger partial charge is 0.220 e. The van der Waals surface area contributed by atoms with E-state index in [2.05, 4.69) is 17.6 Å². The number of carbonyl (C=O) groups is 1. The highest BCUT2D eigenvalue weighted by atomic mass is 16.1. The molecular formula is C18H30N2O. The predicted molar refractivity (Wildman–Crippen MR) is 83.9 cm³/mol. The van der Waals surface area contributed by atoms with Gasteiger partial charge in [0.2, 0.25) is 5.91 Å². The molecule has 1 amide bonds. The van der Waals surface area contributed by atoms with Crippen LogP contribution >= 0.6 is 0 Å². The molecule has 4 bridgehead atoms. The van der Waals surface area contributed by atoms with Gasteiger partial charge in [0, 0.05) is 18.5 Å². The molecule has 1 saturated heterocycles. The van der Waals surface area contributed by atoms with E-state index in [1.807, 2.05) is 0 Å². The molecule has 21 heavy (non-hydrogen) atoms. The SMILES string of the molecule is CC1CC(NC(=O)CC23CC4CC(CC(C4)C2)C3)CCN1. The van der Waals surface area contributed by atoms with Crippen molar-refractivity contribution in [3.63, 3.8) is 0 Å². The highest BCUT2D eigenvalue weighted by Crippen LogP contribution is 2.61. The van der Waals surface area contributed by atoms with E-state index in [4.69, 9.17) is 0 Å². The normalized spacial score (nSPS) is 48.3. The summed E-state index contributed by atoms with van der Waals surface area (Å²) in [6.07, 6.45) is 11.4. The van der Waals surface area contributed by atoms with Gasteiger partial charge in [-0.05, 0) is 88.0 Å². The summed E-state index contributed by atoms with van der Waals surface area (Å²) in [5.41, 5.74) is 0.386. The minimum atomic E-state index is 0.344. The van der Waals surface area contributed by atoms with Crippen LogP contribution in [0.15, 0.2) is 0 Å². The maximum atomic E-state index is 12.6. The maximum Gasteiger partial charge on any atom is 0.220 e. The fraction of sp³-hybridized carbons (Fsp3) is 0.944. The fourth-order valence-electron chi connectivity index (χ4n) is 6.39. The highest BCUT2D eigenvalue weighted by Gasteiger charge is 2.51. The molecule has 5 rings (SSSR count). The summed E-state index contributed by atoms with van der Waals surface area (Å²) in [5.74, 6) is 3.19. The molecule has 0 radical (unpaired) electrons. The lowest BCUT2D eigenvalue weighted by Crippen LogP contribution is -2.50. The van der Waals surface area contributed by atoms with Crippen molar-refractivity contribution >= 4 is 5.91 Å². The summed E-state index contributed by atoms with van der Waals surface area (Å²) >= 11 is 0. The maximum absolute atomic E-state index is 12.6. The molecule has 2 N–H and O–H groups in total. The Morgan fingerprint density at radius 1 is 1.10 bits per heavy atom. The average molecular weight is 290 g/mol. The van der Waals surface area contributed by atoms with Crippen molar-refractivity contribution < 1.29 is 4.79 Å². The molecule has 0 spiro atoms. The monoisotopic (exact) mass is 290 g/mol. The van der Waals surface area contributed by atoms with Crippen LogP contribution < -0.4 is 10.6 Å². The first-order valence-electron chi connectivity index (χ1n) is 9.13. The number of rotatable bonds is 3. The second-order valence-electron chi connectivity index (χ2n) is 8.74. The third-order valence-corrected chi connectivity index (χ3v) is 6.69. The third kappa shape index (κ3) is 2.86. The van der Waals surface area contributed by atoms with Crippen molar-refractivity contribution in [1.82, 2.24) is 10.6 Å². The second kappa shape index (κ2) is 5.26. The predicted octanol–water partition coefficient (Wildman–Crippen LogP) is 2.85. The zero-order valence-corrected chi connectivity index (χ0v) is 13.4. The first-order valence-corrected chi connectivity index (χ1v) is 9.13. The molecule has 4 saturated carbocycles. The standard InChI is InChI=1S/C18H30N2O/c1-12-4-16(2-3-19-12)20-17(21)11-18-8-13-5-14(9-18)7-15(6-13)10-18/h12-16,19H,2-11H2,1H3,(H,20,21). The molecule has 5 fully saturated rings. The van der Waals surface area contributed by atoms with E-state index in [1.165, 1.54) is 38.5 Å². The van der Waals surface area contributed by atoms with Gasteiger partial charge in [0.05, 0.1) is 0 Å². The summed E-state index contributed by atoms with van der Waals surface area (Å²) in [6, 6.07) is 0.950. The largest absolute Gasteiger partial charge is 0.353 e. The molecule has 118 valence electrons. The molecule has 3 heteroatoms. The van der Waals surface area contributed by atoms with E-state index >= 15 is 0 Å². The lowest BCUT2D eigenvalue weighted by molar-refractivity contribution is -0.130. The van der Waals surface area contributed by atoms with Crippen molar-refractivity contribution in [2.45, 2.75) is 76.8 Å². The zero-order valence-electron chi connectivity index (χ0n) is 13.4. The van der Waals surface area contributed by atoms with Crippen LogP contribution in [-0.2, 0) is 4.79 Å². The van der Waals surface area contributed by atoms with Gasteiger partial charge in [-0.25, -0.2) is 0 Å². The van der Waals surface area contributed by atoms with E-state index in [0.29, 0.717) is 23.4 Å². The lowest BCUT2D eigenvalue weighted by Gasteiger charge is -2.56. The van der Waals surface area contributed by atoms with Crippen LogP contribution in [0.3, 0.4) is 0 Å². The van der Waals surface area contributed by atoms with Crippen LogP contribution in [0.4, 0.5) is 0 Å². The Balaban J connectivity index is 1.36. The van der Waals surface area contributed by atoms with Gasteiger partial charge in [-0.15, -0.1) is 0 Å². The van der Waals surface area contributed by atoms with Crippen molar-refractivity contribution in [1.29, 1.82) is 0 Å². The van der Waals surface area contributed by atoms with Crippen LogP contribution in [0, 0.1) is 23.2 Å². The summed E-state index contributed by atoms with van der Waals surface area (Å²) in [7, 11) is 0. The van der Waals surface area contributed by atoms with Gasteiger partial charge >= 0.3 is 0 Å². The Morgan fingerprint density at radius 3 is 2.29 bits per heavy atom. The van der Waals surface area contributed by atoms with Crippen LogP contribution in [0.1, 0.15) is 64.7 Å². The van der Waals surface area contributed by atoms with E-state index < -0.39 is 0 Å². The summed E-state index contributed by atoms with van der Waals surface area (Å²) in [6.45, 7) is 3.26. The molecule has 1 heterocycles. The highest BCUT2D eigenvalue weighted by molar-refractivity contribution is 5.77. The van der Waals surface area contributed by atoms with Crippen LogP contribution in [-0.4, -0.2) is 24.5 Å². The molecular weight excluding hydrogens is 260 g/mol. The van der Waals surface area contributed by atoms with Gasteiger partial charge in [-0.1, -0.05) is 0 Å². The van der Waals surface area contributed by atoms with Crippen LogP contribution in [0.5, 0.6) is 0 Å². The molecule has 2 atom stereocenters. The van der Waals surface area contributed by atoms with Gasteiger partial charge in [0.1, 0.15) is 0 Å². The van der Waals surface area contributed by atoms with Gasteiger partial charge < -0.3 is 10.6 Å². The second-order valence-corrected chi connectivity index (χ2v) is 8.74. The Morgan fingerprint density at radius 2 is 1.71 bits per heavy atom. The fourth-order valence-corrected chi connectivity index (χ4v) is 6.39. The topological polar surface area (TPSA) is 41.1 Å². The number of hydrogen-bond acceptors (Lipinski definition) is 2. The van der Waals surface area contributed by atoms with Crippen molar-refractivity contribution in [2.75, 3.05) is 6.54 Å². The summed E-state index contributed by atoms with van der Waals surface area (Å²) < 4.78 is 0. The van der Waals surface area contributed by atoms with Gasteiger partial charge in [-0.2, -0.15) is 0 Å². The molecule has 0 aromatic carbocycles. The molecule has 4 aliphatic carbocycles. The van der Waals surface area contributed by atoms with E-state index in [-0.39, 0.29) is 0 Å². The minimum absolute atomic E-state index is 0.344. The number of carbonyl (C=O) groups excluding carboxylic acids is 1. The van der Waals surface area contributed by atoms with Gasteiger partial charge in [0.15, 0.2) is 0 Å². The first kappa shape index (κ1) is 14.0. The molecule has 2 unspecified atom stereocenters. The van der Waals surface area contributed by atoms with Crippen LogP contribution in [0.2, 0.25) is 0 Å². The molecule has 0 aromatic rings. The zero-order chi connectivity index (χ0) is 14.4. The number of amides is 1. The first-order chi connectivity index (χ1) is 10.1. The minimum Gasteiger partial charge on any atom is -0.353 e.